The summed E-state index contributed by atoms with van der Waals surface area (Å²) in [6.07, 6.45) is 0. The first-order valence-corrected chi connectivity index (χ1v) is 6.48. The van der Waals surface area contributed by atoms with E-state index >= 15 is 0 Å². The van der Waals surface area contributed by atoms with Gasteiger partial charge in [0.15, 0.2) is 11.5 Å². The van der Waals surface area contributed by atoms with Crippen molar-refractivity contribution >= 4 is 11.8 Å². The van der Waals surface area contributed by atoms with Crippen LogP contribution in [-0.4, -0.2) is 27.6 Å². The van der Waals surface area contributed by atoms with Crippen molar-refractivity contribution in [3.63, 3.8) is 0 Å². The number of hydrogen-bond acceptors (Lipinski definition) is 4. The predicted octanol–water partition coefficient (Wildman–Crippen LogP) is 2.91. The van der Waals surface area contributed by atoms with E-state index in [0.29, 0.717) is 17.6 Å². The molecule has 0 spiro atoms. The fraction of sp³-hybridized carbons (Fsp3) is 0.267. The molecule has 1 aromatic heterocycles. The third-order valence-corrected chi connectivity index (χ3v) is 2.67. The average molecular weight is 271 g/mol. The normalized spacial score (nSPS) is 10.6. The van der Waals surface area contributed by atoms with Crippen molar-refractivity contribution in [2.45, 2.75) is 13.8 Å². The molecule has 0 atom stereocenters. The number of carbonyl (C=O) groups is 1. The maximum Gasteiger partial charge on any atom is 0.354 e. The van der Waals surface area contributed by atoms with Gasteiger partial charge in [0.1, 0.15) is 5.82 Å². The number of nitrogens with zero attached hydrogens (tertiary/aromatic N) is 2. The van der Waals surface area contributed by atoms with E-state index in [1.54, 1.807) is 0 Å². The van der Waals surface area contributed by atoms with Gasteiger partial charge in [-0.1, -0.05) is 44.2 Å². The zero-order valence-electron chi connectivity index (χ0n) is 11.5. The first-order chi connectivity index (χ1) is 9.56. The summed E-state index contributed by atoms with van der Waals surface area (Å²) in [5.41, 5.74) is 0.785. The standard InChI is InChI=1S/C15H17N3O2/c1-10(2)9-16-13-8-12(15(19)20)17-14(18-13)11-6-4-3-5-7-11/h3-8,10H,9H2,1-2H3,(H,19,20)(H,16,17,18). The van der Waals surface area contributed by atoms with E-state index in [0.717, 1.165) is 12.1 Å². The molecule has 0 bridgehead atoms. The third-order valence-electron chi connectivity index (χ3n) is 2.67. The van der Waals surface area contributed by atoms with Crippen molar-refractivity contribution in [1.29, 1.82) is 0 Å². The predicted molar refractivity (Wildman–Crippen MR) is 77.8 cm³/mol. The van der Waals surface area contributed by atoms with E-state index in [1.807, 2.05) is 30.3 Å². The molecule has 0 radical (unpaired) electrons. The SMILES string of the molecule is CC(C)CNc1cc(C(=O)O)nc(-c2ccccc2)n1. The molecular formula is C15H17N3O2. The molecule has 0 fully saturated rings. The van der Waals surface area contributed by atoms with Gasteiger partial charge in [-0.3, -0.25) is 0 Å². The minimum atomic E-state index is -1.06. The molecule has 0 saturated carbocycles. The molecule has 5 heteroatoms. The molecule has 0 aliphatic rings. The Labute approximate surface area is 117 Å². The molecule has 5 nitrogen and oxygen atoms in total. The number of carboxylic acid groups (broad SMARTS) is 1. The number of carboxylic acids is 1. The van der Waals surface area contributed by atoms with Crippen molar-refractivity contribution in [1.82, 2.24) is 9.97 Å². The molecule has 2 N–H and O–H groups in total. The molecule has 0 saturated heterocycles. The van der Waals surface area contributed by atoms with Crippen molar-refractivity contribution in [2.24, 2.45) is 5.92 Å². The second-order valence-corrected chi connectivity index (χ2v) is 4.91. The van der Waals surface area contributed by atoms with E-state index in [-0.39, 0.29) is 5.69 Å². The zero-order valence-corrected chi connectivity index (χ0v) is 11.5. The van der Waals surface area contributed by atoms with Crippen molar-refractivity contribution in [2.75, 3.05) is 11.9 Å². The van der Waals surface area contributed by atoms with Gasteiger partial charge >= 0.3 is 5.97 Å². The fourth-order valence-corrected chi connectivity index (χ4v) is 1.67. The van der Waals surface area contributed by atoms with Crippen LogP contribution in [0.5, 0.6) is 0 Å². The summed E-state index contributed by atoms with van der Waals surface area (Å²) in [4.78, 5) is 19.6. The first kappa shape index (κ1) is 14.0. The van der Waals surface area contributed by atoms with Crippen molar-refractivity contribution in [3.8, 4) is 11.4 Å². The summed E-state index contributed by atoms with van der Waals surface area (Å²) >= 11 is 0. The van der Waals surface area contributed by atoms with Crippen LogP contribution < -0.4 is 5.32 Å². The van der Waals surface area contributed by atoms with E-state index in [1.165, 1.54) is 6.07 Å². The summed E-state index contributed by atoms with van der Waals surface area (Å²) in [6.45, 7) is 4.87. The Balaban J connectivity index is 2.38. The maximum atomic E-state index is 11.2. The van der Waals surface area contributed by atoms with Gasteiger partial charge < -0.3 is 10.4 Å². The lowest BCUT2D eigenvalue weighted by Crippen LogP contribution is -2.12. The quantitative estimate of drug-likeness (QED) is 0.874. The van der Waals surface area contributed by atoms with Crippen LogP contribution in [0.4, 0.5) is 5.82 Å². The number of aromatic nitrogens is 2. The Morgan fingerprint density at radius 2 is 1.95 bits per heavy atom. The number of rotatable bonds is 5. The molecule has 0 aliphatic heterocycles. The van der Waals surface area contributed by atoms with E-state index in [2.05, 4.69) is 29.1 Å². The van der Waals surface area contributed by atoms with Gasteiger partial charge in [-0.05, 0) is 5.92 Å². The molecular weight excluding hydrogens is 254 g/mol. The van der Waals surface area contributed by atoms with Gasteiger partial charge in [0, 0.05) is 18.2 Å². The van der Waals surface area contributed by atoms with E-state index < -0.39 is 5.97 Å². The Kier molecular flexibility index (Phi) is 4.30. The minimum Gasteiger partial charge on any atom is -0.477 e. The lowest BCUT2D eigenvalue weighted by molar-refractivity contribution is 0.0690. The van der Waals surface area contributed by atoms with Crippen LogP contribution in [0.3, 0.4) is 0 Å². The highest BCUT2D eigenvalue weighted by molar-refractivity contribution is 5.86. The number of anilines is 1. The summed E-state index contributed by atoms with van der Waals surface area (Å²) < 4.78 is 0. The zero-order chi connectivity index (χ0) is 14.5. The molecule has 104 valence electrons. The second-order valence-electron chi connectivity index (χ2n) is 4.91. The van der Waals surface area contributed by atoms with Gasteiger partial charge in [0.25, 0.3) is 0 Å². The highest BCUT2D eigenvalue weighted by atomic mass is 16.4. The monoisotopic (exact) mass is 271 g/mol. The Hall–Kier alpha value is -2.43. The van der Waals surface area contributed by atoms with Crippen LogP contribution in [0.1, 0.15) is 24.3 Å². The minimum absolute atomic E-state index is 0.00916. The van der Waals surface area contributed by atoms with Crippen LogP contribution in [-0.2, 0) is 0 Å². The average Bonchev–Trinajstić information content (AvgIpc) is 2.45. The highest BCUT2D eigenvalue weighted by Crippen LogP contribution is 2.18. The van der Waals surface area contributed by atoms with Crippen LogP contribution in [0.25, 0.3) is 11.4 Å². The smallest absolute Gasteiger partial charge is 0.354 e. The molecule has 2 aromatic rings. The molecule has 0 amide bonds. The van der Waals surface area contributed by atoms with E-state index in [4.69, 9.17) is 5.11 Å². The van der Waals surface area contributed by atoms with Crippen LogP contribution in [0, 0.1) is 5.92 Å². The lowest BCUT2D eigenvalue weighted by atomic mass is 10.2. The van der Waals surface area contributed by atoms with Gasteiger partial charge in [0.05, 0.1) is 0 Å². The summed E-state index contributed by atoms with van der Waals surface area (Å²) in [7, 11) is 0. The third kappa shape index (κ3) is 3.54. The molecule has 0 aliphatic carbocycles. The van der Waals surface area contributed by atoms with E-state index in [9.17, 15) is 4.79 Å². The highest BCUT2D eigenvalue weighted by Gasteiger charge is 2.11. The molecule has 1 heterocycles. The van der Waals surface area contributed by atoms with Gasteiger partial charge in [0.2, 0.25) is 0 Å². The summed E-state index contributed by atoms with van der Waals surface area (Å²) in [5, 5.41) is 12.3. The van der Waals surface area contributed by atoms with Crippen molar-refractivity contribution < 1.29 is 9.90 Å². The fourth-order valence-electron chi connectivity index (χ4n) is 1.67. The van der Waals surface area contributed by atoms with Crippen LogP contribution in [0.15, 0.2) is 36.4 Å². The Morgan fingerprint density at radius 1 is 1.25 bits per heavy atom. The first-order valence-electron chi connectivity index (χ1n) is 6.48. The topological polar surface area (TPSA) is 75.1 Å². The summed E-state index contributed by atoms with van der Waals surface area (Å²) in [6, 6.07) is 10.8. The van der Waals surface area contributed by atoms with Gasteiger partial charge in [-0.25, -0.2) is 14.8 Å². The summed E-state index contributed by atoms with van der Waals surface area (Å²) in [5.74, 6) is 0.331. The largest absolute Gasteiger partial charge is 0.477 e. The molecule has 0 unspecified atom stereocenters. The van der Waals surface area contributed by atoms with Crippen molar-refractivity contribution in [3.05, 3.63) is 42.1 Å². The maximum absolute atomic E-state index is 11.2. The second kappa shape index (κ2) is 6.14. The Morgan fingerprint density at radius 3 is 2.55 bits per heavy atom. The van der Waals surface area contributed by atoms with Gasteiger partial charge in [-0.15, -0.1) is 0 Å². The van der Waals surface area contributed by atoms with Crippen LogP contribution >= 0.6 is 0 Å². The number of benzene rings is 1. The number of aromatic carboxylic acids is 1. The molecule has 20 heavy (non-hydrogen) atoms. The lowest BCUT2D eigenvalue weighted by Gasteiger charge is -2.10. The Bertz CT molecular complexity index is 597. The number of nitrogens with one attached hydrogen (secondary N) is 1. The number of hydrogen-bond donors (Lipinski definition) is 2. The molecule has 2 rings (SSSR count). The van der Waals surface area contributed by atoms with Gasteiger partial charge in [-0.2, -0.15) is 0 Å². The van der Waals surface area contributed by atoms with Crippen LogP contribution in [0.2, 0.25) is 0 Å². The molecule has 1 aromatic carbocycles.